The van der Waals surface area contributed by atoms with E-state index in [4.69, 9.17) is 9.47 Å². The molecule has 0 atom stereocenters. The van der Waals surface area contributed by atoms with Crippen LogP contribution in [0.3, 0.4) is 0 Å². The second-order valence-corrected chi connectivity index (χ2v) is 6.91. The maximum atomic E-state index is 13.4. The Morgan fingerprint density at radius 3 is 2.57 bits per heavy atom. The smallest absolute Gasteiger partial charge is 0.338 e. The van der Waals surface area contributed by atoms with Gasteiger partial charge in [-0.15, -0.1) is 0 Å². The average Bonchev–Trinajstić information content (AvgIpc) is 3.03. The molecule has 3 rings (SSSR count). The molecule has 1 aromatic heterocycles. The summed E-state index contributed by atoms with van der Waals surface area (Å²) in [4.78, 5) is 12.5. The number of ether oxygens (including phenoxy) is 2. The van der Waals surface area contributed by atoms with E-state index in [1.165, 1.54) is 12.1 Å². The van der Waals surface area contributed by atoms with Crippen molar-refractivity contribution >= 4 is 21.9 Å². The number of rotatable bonds is 7. The van der Waals surface area contributed by atoms with Gasteiger partial charge in [-0.25, -0.2) is 13.9 Å². The molecule has 28 heavy (non-hydrogen) atoms. The largest absolute Gasteiger partial charge is 0.462 e. The molecule has 0 aliphatic carbocycles. The minimum Gasteiger partial charge on any atom is -0.462 e. The van der Waals surface area contributed by atoms with Crippen LogP contribution in [0.15, 0.2) is 53.0 Å². The maximum absolute atomic E-state index is 13.4. The van der Waals surface area contributed by atoms with Gasteiger partial charge in [-0.3, -0.25) is 0 Å². The lowest BCUT2D eigenvalue weighted by atomic mass is 10.0. The minimum absolute atomic E-state index is 0.202. The van der Waals surface area contributed by atoms with E-state index >= 15 is 0 Å². The molecule has 7 heteroatoms. The quantitative estimate of drug-likeness (QED) is 0.462. The van der Waals surface area contributed by atoms with Crippen molar-refractivity contribution in [2.24, 2.45) is 0 Å². The molecule has 0 N–H and O–H groups in total. The number of carbonyl (C=O) groups is 1. The van der Waals surface area contributed by atoms with Gasteiger partial charge in [0.15, 0.2) is 0 Å². The van der Waals surface area contributed by atoms with E-state index in [0.717, 1.165) is 17.7 Å². The van der Waals surface area contributed by atoms with Crippen LogP contribution < -0.4 is 0 Å². The highest BCUT2D eigenvalue weighted by atomic mass is 79.9. The molecule has 0 saturated heterocycles. The Balaban J connectivity index is 2.13. The molecular formula is C21H20BrFN2O3. The summed E-state index contributed by atoms with van der Waals surface area (Å²) < 4.78 is 26.3. The summed E-state index contributed by atoms with van der Waals surface area (Å²) in [6, 6.07) is 13.3. The first-order valence-electron chi connectivity index (χ1n) is 8.84. The molecule has 0 aliphatic rings. The predicted octanol–water partition coefficient (Wildman–Crippen LogP) is 5.29. The van der Waals surface area contributed by atoms with Gasteiger partial charge in [0, 0.05) is 18.2 Å². The number of nitrogens with zero attached hydrogens (tertiary/aromatic N) is 2. The van der Waals surface area contributed by atoms with E-state index < -0.39 is 5.97 Å². The lowest BCUT2D eigenvalue weighted by molar-refractivity contribution is 0.0506. The molecule has 2 aromatic carbocycles. The molecule has 0 bridgehead atoms. The van der Waals surface area contributed by atoms with Crippen molar-refractivity contribution in [3.05, 3.63) is 64.4 Å². The van der Waals surface area contributed by atoms with Gasteiger partial charge in [-0.2, -0.15) is 5.10 Å². The molecule has 0 radical (unpaired) electrons. The van der Waals surface area contributed by atoms with Gasteiger partial charge in [0.1, 0.15) is 18.2 Å². The number of hydrogen-bond acceptors (Lipinski definition) is 4. The SMILES string of the molecule is CCCOC(=O)c1ccccc1-c1nn(COC)c(-c2ccc(F)cc2)c1Br. The first-order valence-corrected chi connectivity index (χ1v) is 9.63. The van der Waals surface area contributed by atoms with Crippen LogP contribution in [0.5, 0.6) is 0 Å². The molecule has 1 heterocycles. The number of aromatic nitrogens is 2. The first-order chi connectivity index (χ1) is 13.6. The summed E-state index contributed by atoms with van der Waals surface area (Å²) >= 11 is 3.62. The van der Waals surface area contributed by atoms with Crippen molar-refractivity contribution in [3.8, 4) is 22.5 Å². The summed E-state index contributed by atoms with van der Waals surface area (Å²) in [5.41, 5.74) is 3.17. The van der Waals surface area contributed by atoms with Gasteiger partial charge in [-0.1, -0.05) is 25.1 Å². The van der Waals surface area contributed by atoms with Gasteiger partial charge in [0.25, 0.3) is 0 Å². The van der Waals surface area contributed by atoms with Crippen LogP contribution in [0.2, 0.25) is 0 Å². The zero-order valence-corrected chi connectivity index (χ0v) is 17.2. The Labute approximate surface area is 171 Å². The highest BCUT2D eigenvalue weighted by molar-refractivity contribution is 9.10. The number of benzene rings is 2. The van der Waals surface area contributed by atoms with Gasteiger partial charge in [0.2, 0.25) is 0 Å². The highest BCUT2D eigenvalue weighted by Gasteiger charge is 2.23. The lowest BCUT2D eigenvalue weighted by Gasteiger charge is -2.08. The van der Waals surface area contributed by atoms with Gasteiger partial charge in [0.05, 0.1) is 22.3 Å². The molecule has 0 amide bonds. The second kappa shape index (κ2) is 9.12. The third-order valence-corrected chi connectivity index (χ3v) is 4.85. The number of hydrogen-bond donors (Lipinski definition) is 0. The first kappa shape index (κ1) is 20.2. The van der Waals surface area contributed by atoms with Crippen LogP contribution in [0.4, 0.5) is 4.39 Å². The maximum Gasteiger partial charge on any atom is 0.338 e. The zero-order valence-electron chi connectivity index (χ0n) is 15.6. The van der Waals surface area contributed by atoms with Crippen LogP contribution in [0.1, 0.15) is 23.7 Å². The monoisotopic (exact) mass is 446 g/mol. The van der Waals surface area contributed by atoms with E-state index in [0.29, 0.717) is 27.9 Å². The van der Waals surface area contributed by atoms with Crippen molar-refractivity contribution in [1.29, 1.82) is 0 Å². The normalized spacial score (nSPS) is 10.9. The Bertz CT molecular complexity index is 970. The van der Waals surface area contributed by atoms with E-state index in [1.807, 2.05) is 19.1 Å². The third kappa shape index (κ3) is 4.15. The number of carbonyl (C=O) groups excluding carboxylic acids is 1. The lowest BCUT2D eigenvalue weighted by Crippen LogP contribution is -2.08. The second-order valence-electron chi connectivity index (χ2n) is 6.12. The van der Waals surface area contributed by atoms with Crippen molar-refractivity contribution in [1.82, 2.24) is 9.78 Å². The van der Waals surface area contributed by atoms with Crippen LogP contribution in [-0.4, -0.2) is 29.5 Å². The fourth-order valence-electron chi connectivity index (χ4n) is 2.85. The van der Waals surface area contributed by atoms with E-state index in [9.17, 15) is 9.18 Å². The molecule has 5 nitrogen and oxygen atoms in total. The van der Waals surface area contributed by atoms with Crippen LogP contribution >= 0.6 is 15.9 Å². The zero-order chi connectivity index (χ0) is 20.1. The predicted molar refractivity (Wildman–Crippen MR) is 108 cm³/mol. The third-order valence-electron chi connectivity index (χ3n) is 4.10. The molecular weight excluding hydrogens is 427 g/mol. The van der Waals surface area contributed by atoms with Crippen molar-refractivity contribution in [2.45, 2.75) is 20.1 Å². The molecule has 0 saturated carbocycles. The highest BCUT2D eigenvalue weighted by Crippen LogP contribution is 2.38. The van der Waals surface area contributed by atoms with Gasteiger partial charge < -0.3 is 9.47 Å². The molecule has 146 valence electrons. The van der Waals surface area contributed by atoms with Crippen molar-refractivity contribution in [2.75, 3.05) is 13.7 Å². The standard InChI is InChI=1S/C21H20BrFN2O3/c1-3-12-28-21(26)17-7-5-4-6-16(17)19-18(22)20(25(24-19)13-27-2)14-8-10-15(23)11-9-14/h4-11H,3,12-13H2,1-2H3. The van der Waals surface area contributed by atoms with Gasteiger partial charge in [-0.05, 0) is 52.7 Å². The minimum atomic E-state index is -0.394. The summed E-state index contributed by atoms with van der Waals surface area (Å²) in [7, 11) is 1.57. The fraction of sp³-hybridized carbons (Fsp3) is 0.238. The number of methoxy groups -OCH3 is 1. The summed E-state index contributed by atoms with van der Waals surface area (Å²) in [6.45, 7) is 2.50. The van der Waals surface area contributed by atoms with Gasteiger partial charge >= 0.3 is 5.97 Å². The summed E-state index contributed by atoms with van der Waals surface area (Å²) in [6.07, 6.45) is 0.745. The Morgan fingerprint density at radius 2 is 1.89 bits per heavy atom. The Kier molecular flexibility index (Phi) is 6.59. The van der Waals surface area contributed by atoms with E-state index in [2.05, 4.69) is 21.0 Å². The Morgan fingerprint density at radius 1 is 1.18 bits per heavy atom. The van der Waals surface area contributed by atoms with E-state index in [-0.39, 0.29) is 12.5 Å². The average molecular weight is 447 g/mol. The van der Waals surface area contributed by atoms with E-state index in [1.54, 1.807) is 36.1 Å². The van der Waals surface area contributed by atoms with Crippen molar-refractivity contribution in [3.63, 3.8) is 0 Å². The van der Waals surface area contributed by atoms with Crippen LogP contribution in [-0.2, 0) is 16.2 Å². The van der Waals surface area contributed by atoms with Crippen molar-refractivity contribution < 1.29 is 18.7 Å². The fourth-order valence-corrected chi connectivity index (χ4v) is 3.58. The van der Waals surface area contributed by atoms with Crippen LogP contribution in [0, 0.1) is 5.82 Å². The molecule has 0 fully saturated rings. The number of esters is 1. The molecule has 0 unspecified atom stereocenters. The molecule has 0 aliphatic heterocycles. The Hall–Kier alpha value is -2.51. The summed E-state index contributed by atoms with van der Waals surface area (Å²) in [5.74, 6) is -0.712. The number of halogens is 2. The topological polar surface area (TPSA) is 53.3 Å². The van der Waals surface area contributed by atoms with Crippen LogP contribution in [0.25, 0.3) is 22.5 Å². The molecule has 0 spiro atoms. The molecule has 3 aromatic rings. The summed E-state index contributed by atoms with van der Waals surface area (Å²) in [5, 5.41) is 4.64.